The van der Waals surface area contributed by atoms with E-state index in [2.05, 4.69) is 4.99 Å². The van der Waals surface area contributed by atoms with E-state index in [1.807, 2.05) is 84.9 Å². The Morgan fingerprint density at radius 1 is 0.931 bits per heavy atom. The van der Waals surface area contributed by atoms with E-state index in [-0.39, 0.29) is 24.9 Å². The molecule has 5 heteroatoms. The van der Waals surface area contributed by atoms with E-state index in [1.165, 1.54) is 4.90 Å². The van der Waals surface area contributed by atoms with Crippen molar-refractivity contribution in [1.29, 1.82) is 0 Å². The van der Waals surface area contributed by atoms with Crippen molar-refractivity contribution in [2.24, 2.45) is 4.99 Å². The molecule has 3 aromatic rings. The molecule has 0 N–H and O–H groups in total. The van der Waals surface area contributed by atoms with Crippen LogP contribution in [0.4, 0.5) is 11.4 Å². The normalized spacial score (nSPS) is 13.3. The summed E-state index contributed by atoms with van der Waals surface area (Å²) >= 11 is 0. The van der Waals surface area contributed by atoms with Gasteiger partial charge in [-0.1, -0.05) is 66.7 Å². The molecule has 3 aromatic carbocycles. The van der Waals surface area contributed by atoms with Crippen molar-refractivity contribution in [3.63, 3.8) is 0 Å². The number of hydrogen-bond donors (Lipinski definition) is 0. The second-order valence-corrected chi connectivity index (χ2v) is 6.82. The number of likely N-dealkylation sites (N-methyl/N-ethyl adjacent to an activating group) is 1. The van der Waals surface area contributed by atoms with Crippen LogP contribution in [-0.4, -0.2) is 37.7 Å². The number of nitrogens with zero attached hydrogens (tertiary/aromatic N) is 3. The van der Waals surface area contributed by atoms with Gasteiger partial charge in [-0.05, 0) is 18.2 Å². The molecule has 0 fully saturated rings. The Labute approximate surface area is 169 Å². The lowest BCUT2D eigenvalue weighted by atomic mass is 10.0. The number of benzene rings is 3. The average Bonchev–Trinajstić information content (AvgIpc) is 2.91. The quantitative estimate of drug-likeness (QED) is 0.692. The maximum Gasteiger partial charge on any atom is 0.249 e. The van der Waals surface area contributed by atoms with E-state index < -0.39 is 0 Å². The number of para-hydroxylation sites is 2. The minimum atomic E-state index is -0.196. The molecule has 29 heavy (non-hydrogen) atoms. The van der Waals surface area contributed by atoms with Gasteiger partial charge in [0, 0.05) is 23.9 Å². The third kappa shape index (κ3) is 3.80. The van der Waals surface area contributed by atoms with E-state index in [1.54, 1.807) is 11.9 Å². The molecule has 4 rings (SSSR count). The van der Waals surface area contributed by atoms with Crippen LogP contribution >= 0.6 is 0 Å². The number of hydrogen-bond acceptors (Lipinski definition) is 3. The minimum Gasteiger partial charge on any atom is -0.314 e. The van der Waals surface area contributed by atoms with Crippen molar-refractivity contribution in [2.45, 2.75) is 0 Å². The number of fused-ring (bicyclic) bond motifs is 1. The van der Waals surface area contributed by atoms with Crippen molar-refractivity contribution in [1.82, 2.24) is 0 Å². The molecule has 0 atom stereocenters. The van der Waals surface area contributed by atoms with Gasteiger partial charge in [0.1, 0.15) is 13.1 Å². The lowest BCUT2D eigenvalue weighted by molar-refractivity contribution is -0.121. The summed E-state index contributed by atoms with van der Waals surface area (Å²) in [6, 6.07) is 26.8. The summed E-state index contributed by atoms with van der Waals surface area (Å²) in [4.78, 5) is 33.5. The van der Waals surface area contributed by atoms with E-state index in [0.29, 0.717) is 5.69 Å². The van der Waals surface area contributed by atoms with Crippen LogP contribution in [0.25, 0.3) is 0 Å². The molecule has 144 valence electrons. The summed E-state index contributed by atoms with van der Waals surface area (Å²) in [6.07, 6.45) is 0. The monoisotopic (exact) mass is 383 g/mol. The second kappa shape index (κ2) is 8.10. The standard InChI is InChI=1S/C24H21N3O2/c1-26(19-12-6-3-7-13-19)23(29)17-27-21-15-9-8-14-20(21)24(25-16-22(27)28)18-10-4-2-5-11-18/h2-15H,16-17H2,1H3. The predicted molar refractivity (Wildman–Crippen MR) is 116 cm³/mol. The molecular formula is C24H21N3O2. The highest BCUT2D eigenvalue weighted by Gasteiger charge is 2.27. The van der Waals surface area contributed by atoms with Gasteiger partial charge in [0.15, 0.2) is 0 Å². The molecule has 1 heterocycles. The number of carbonyl (C=O) groups is 2. The maximum absolute atomic E-state index is 12.9. The number of amides is 2. The Balaban J connectivity index is 1.67. The molecule has 0 bridgehead atoms. The Bertz CT molecular complexity index is 1060. The zero-order valence-electron chi connectivity index (χ0n) is 16.2. The first kappa shape index (κ1) is 18.6. The molecule has 2 amide bonds. The largest absolute Gasteiger partial charge is 0.314 e. The van der Waals surface area contributed by atoms with Crippen molar-refractivity contribution >= 4 is 28.9 Å². The zero-order chi connectivity index (χ0) is 20.2. The fraction of sp³-hybridized carbons (Fsp3) is 0.125. The molecule has 0 radical (unpaired) electrons. The summed E-state index contributed by atoms with van der Waals surface area (Å²) in [5, 5.41) is 0. The summed E-state index contributed by atoms with van der Waals surface area (Å²) < 4.78 is 0. The number of aliphatic imine (C=N–C) groups is 1. The number of benzodiazepines with no additional fused rings is 1. The van der Waals surface area contributed by atoms with Gasteiger partial charge in [-0.25, -0.2) is 0 Å². The zero-order valence-corrected chi connectivity index (χ0v) is 16.2. The van der Waals surface area contributed by atoms with E-state index in [9.17, 15) is 9.59 Å². The summed E-state index contributed by atoms with van der Waals surface area (Å²) in [6.45, 7) is -0.0416. The molecule has 0 aromatic heterocycles. The van der Waals surface area contributed by atoms with Crippen LogP contribution in [0.3, 0.4) is 0 Å². The van der Waals surface area contributed by atoms with Crippen molar-refractivity contribution in [3.05, 3.63) is 96.1 Å². The molecule has 5 nitrogen and oxygen atoms in total. The highest BCUT2D eigenvalue weighted by molar-refractivity contribution is 6.20. The first-order valence-electron chi connectivity index (χ1n) is 9.46. The van der Waals surface area contributed by atoms with Gasteiger partial charge in [0.25, 0.3) is 0 Å². The molecular weight excluding hydrogens is 362 g/mol. The molecule has 0 unspecified atom stereocenters. The smallest absolute Gasteiger partial charge is 0.249 e. The van der Waals surface area contributed by atoms with Crippen LogP contribution in [0.1, 0.15) is 11.1 Å². The van der Waals surface area contributed by atoms with E-state index in [4.69, 9.17) is 0 Å². The highest BCUT2D eigenvalue weighted by atomic mass is 16.2. The van der Waals surface area contributed by atoms with Crippen molar-refractivity contribution < 1.29 is 9.59 Å². The Hall–Kier alpha value is -3.73. The van der Waals surface area contributed by atoms with E-state index >= 15 is 0 Å². The van der Waals surface area contributed by atoms with Gasteiger partial charge in [-0.15, -0.1) is 0 Å². The second-order valence-electron chi connectivity index (χ2n) is 6.82. The van der Waals surface area contributed by atoms with Gasteiger partial charge in [-0.2, -0.15) is 0 Å². The highest BCUT2D eigenvalue weighted by Crippen LogP contribution is 2.27. The summed E-state index contributed by atoms with van der Waals surface area (Å²) in [7, 11) is 1.72. The molecule has 0 spiro atoms. The molecule has 1 aliphatic heterocycles. The number of anilines is 2. The third-order valence-corrected chi connectivity index (χ3v) is 4.98. The first-order valence-corrected chi connectivity index (χ1v) is 9.46. The van der Waals surface area contributed by atoms with Crippen LogP contribution in [0.15, 0.2) is 89.9 Å². The fourth-order valence-corrected chi connectivity index (χ4v) is 3.41. The fourth-order valence-electron chi connectivity index (χ4n) is 3.41. The van der Waals surface area contributed by atoms with Gasteiger partial charge in [0.05, 0.1) is 11.4 Å². The van der Waals surface area contributed by atoms with Crippen molar-refractivity contribution in [3.8, 4) is 0 Å². The molecule has 0 saturated heterocycles. The summed E-state index contributed by atoms with van der Waals surface area (Å²) in [5.74, 6) is -0.360. The third-order valence-electron chi connectivity index (χ3n) is 4.98. The average molecular weight is 383 g/mol. The van der Waals surface area contributed by atoms with Crippen LogP contribution in [0.5, 0.6) is 0 Å². The molecule has 1 aliphatic rings. The van der Waals surface area contributed by atoms with Gasteiger partial charge >= 0.3 is 0 Å². The number of carbonyl (C=O) groups excluding carboxylic acids is 2. The lowest BCUT2D eigenvalue weighted by Crippen LogP contribution is -2.42. The Morgan fingerprint density at radius 2 is 1.55 bits per heavy atom. The molecule has 0 saturated carbocycles. The Morgan fingerprint density at radius 3 is 2.28 bits per heavy atom. The summed E-state index contributed by atoms with van der Waals surface area (Å²) in [5.41, 5.74) is 4.05. The van der Waals surface area contributed by atoms with Crippen molar-refractivity contribution in [2.75, 3.05) is 29.9 Å². The van der Waals surface area contributed by atoms with Crippen LogP contribution in [-0.2, 0) is 9.59 Å². The number of rotatable bonds is 4. The first-order chi connectivity index (χ1) is 14.1. The van der Waals surface area contributed by atoms with Crippen LogP contribution in [0.2, 0.25) is 0 Å². The molecule has 0 aliphatic carbocycles. The van der Waals surface area contributed by atoms with Gasteiger partial charge in [-0.3, -0.25) is 14.6 Å². The van der Waals surface area contributed by atoms with Gasteiger partial charge < -0.3 is 9.80 Å². The predicted octanol–water partition coefficient (Wildman–Crippen LogP) is 3.53. The van der Waals surface area contributed by atoms with Crippen LogP contribution < -0.4 is 9.80 Å². The SMILES string of the molecule is CN(C(=O)CN1C(=O)CN=C(c2ccccc2)c2ccccc21)c1ccccc1. The Kier molecular flexibility index (Phi) is 5.20. The lowest BCUT2D eigenvalue weighted by Gasteiger charge is -2.25. The minimum absolute atomic E-state index is 0.00123. The maximum atomic E-state index is 12.9. The van der Waals surface area contributed by atoms with Gasteiger partial charge in [0.2, 0.25) is 11.8 Å². The topological polar surface area (TPSA) is 53.0 Å². The van der Waals surface area contributed by atoms with Crippen LogP contribution in [0, 0.1) is 0 Å². The van der Waals surface area contributed by atoms with E-state index in [0.717, 1.165) is 22.5 Å².